The summed E-state index contributed by atoms with van der Waals surface area (Å²) in [5.74, 6) is -1.65. The van der Waals surface area contributed by atoms with Crippen LogP contribution in [0.2, 0.25) is 0 Å². The minimum absolute atomic E-state index is 0.0918. The monoisotopic (exact) mass is 325 g/mol. The summed E-state index contributed by atoms with van der Waals surface area (Å²) in [6, 6.07) is 3.52. The SMILES string of the molecule is CC(C1CC1)C(O)(Cn1ncnc1S)c1ccc(F)c(F)c1. The van der Waals surface area contributed by atoms with Crippen molar-refractivity contribution >= 4 is 12.6 Å². The number of rotatable bonds is 5. The molecule has 1 aliphatic rings. The van der Waals surface area contributed by atoms with Crippen molar-refractivity contribution in [2.45, 2.75) is 37.1 Å². The highest BCUT2D eigenvalue weighted by molar-refractivity contribution is 7.80. The van der Waals surface area contributed by atoms with E-state index in [1.54, 1.807) is 0 Å². The first kappa shape index (κ1) is 15.4. The van der Waals surface area contributed by atoms with E-state index < -0.39 is 17.2 Å². The summed E-state index contributed by atoms with van der Waals surface area (Å²) < 4.78 is 28.3. The molecule has 2 atom stereocenters. The Labute approximate surface area is 132 Å². The number of hydrogen-bond acceptors (Lipinski definition) is 4. The Bertz CT molecular complexity index is 689. The van der Waals surface area contributed by atoms with Gasteiger partial charge in [-0.2, -0.15) is 5.10 Å². The van der Waals surface area contributed by atoms with Crippen LogP contribution < -0.4 is 0 Å². The van der Waals surface area contributed by atoms with Crippen LogP contribution >= 0.6 is 12.6 Å². The molecule has 4 nitrogen and oxygen atoms in total. The minimum Gasteiger partial charge on any atom is -0.383 e. The Kier molecular flexibility index (Phi) is 3.94. The Hall–Kier alpha value is -1.47. The number of benzene rings is 1. The van der Waals surface area contributed by atoms with Crippen LogP contribution in [0.1, 0.15) is 25.3 Å². The van der Waals surface area contributed by atoms with E-state index in [2.05, 4.69) is 22.7 Å². The molecule has 3 rings (SSSR count). The van der Waals surface area contributed by atoms with Gasteiger partial charge in [0.1, 0.15) is 11.9 Å². The third kappa shape index (κ3) is 2.75. The summed E-state index contributed by atoms with van der Waals surface area (Å²) in [5, 5.41) is 15.7. The fraction of sp³-hybridized carbons (Fsp3) is 0.467. The van der Waals surface area contributed by atoms with E-state index in [9.17, 15) is 13.9 Å². The molecule has 7 heteroatoms. The second-order valence-electron chi connectivity index (χ2n) is 5.90. The molecule has 1 heterocycles. The van der Waals surface area contributed by atoms with Crippen LogP contribution in [0.5, 0.6) is 0 Å². The molecule has 0 spiro atoms. The fourth-order valence-corrected chi connectivity index (χ4v) is 3.02. The lowest BCUT2D eigenvalue weighted by atomic mass is 9.79. The van der Waals surface area contributed by atoms with Crippen molar-refractivity contribution in [3.63, 3.8) is 0 Å². The van der Waals surface area contributed by atoms with Gasteiger partial charge in [0, 0.05) is 0 Å². The van der Waals surface area contributed by atoms with Crippen molar-refractivity contribution in [2.24, 2.45) is 11.8 Å². The zero-order chi connectivity index (χ0) is 15.9. The second-order valence-corrected chi connectivity index (χ2v) is 6.30. The lowest BCUT2D eigenvalue weighted by Gasteiger charge is -2.35. The molecule has 1 aliphatic carbocycles. The molecule has 1 fully saturated rings. The Morgan fingerprint density at radius 1 is 1.41 bits per heavy atom. The Morgan fingerprint density at radius 3 is 2.68 bits per heavy atom. The standard InChI is InChI=1S/C15H17F2N3OS/c1-9(10-2-3-10)15(21,7-20-14(22)18-8-19-20)11-4-5-12(16)13(17)6-11/h4-6,8-10,21H,2-3,7H2,1H3,(H,18,19,22). The molecule has 1 aromatic heterocycles. The smallest absolute Gasteiger partial charge is 0.183 e. The Morgan fingerprint density at radius 2 is 2.14 bits per heavy atom. The number of aromatic nitrogens is 3. The zero-order valence-corrected chi connectivity index (χ0v) is 13.0. The average Bonchev–Trinajstić information content (AvgIpc) is 3.26. The largest absolute Gasteiger partial charge is 0.383 e. The first-order chi connectivity index (χ1) is 10.4. The van der Waals surface area contributed by atoms with Gasteiger partial charge < -0.3 is 5.11 Å². The maximum absolute atomic E-state index is 13.6. The number of thiol groups is 1. The highest BCUT2D eigenvalue weighted by Gasteiger charge is 2.45. The van der Waals surface area contributed by atoms with Gasteiger partial charge in [0.25, 0.3) is 0 Å². The third-order valence-corrected chi connectivity index (χ3v) is 4.83. The molecule has 2 aromatic rings. The Balaban J connectivity index is 2.01. The first-order valence-electron chi connectivity index (χ1n) is 7.16. The highest BCUT2D eigenvalue weighted by atomic mass is 32.1. The van der Waals surface area contributed by atoms with E-state index in [1.807, 2.05) is 6.92 Å². The number of hydrogen-bond donors (Lipinski definition) is 2. The van der Waals surface area contributed by atoms with Gasteiger partial charge in [-0.3, -0.25) is 0 Å². The molecule has 118 valence electrons. The molecule has 1 aromatic carbocycles. The lowest BCUT2D eigenvalue weighted by molar-refractivity contribution is -0.0465. The van der Waals surface area contributed by atoms with Crippen molar-refractivity contribution in [2.75, 3.05) is 0 Å². The van der Waals surface area contributed by atoms with Gasteiger partial charge >= 0.3 is 0 Å². The lowest BCUT2D eigenvalue weighted by Crippen LogP contribution is -2.40. The summed E-state index contributed by atoms with van der Waals surface area (Å²) in [7, 11) is 0. The van der Waals surface area contributed by atoms with Crippen LogP contribution in [0.3, 0.4) is 0 Å². The predicted octanol–water partition coefficient (Wildman–Crippen LogP) is 2.78. The molecule has 1 N–H and O–H groups in total. The van der Waals surface area contributed by atoms with Crippen molar-refractivity contribution in [3.05, 3.63) is 41.7 Å². The van der Waals surface area contributed by atoms with Crippen LogP contribution in [0.15, 0.2) is 29.7 Å². The summed E-state index contributed by atoms with van der Waals surface area (Å²) in [6.45, 7) is 2.02. The van der Waals surface area contributed by atoms with Gasteiger partial charge in [-0.05, 0) is 42.4 Å². The normalized spacial score (nSPS) is 19.0. The van der Waals surface area contributed by atoms with Gasteiger partial charge in [0.15, 0.2) is 16.8 Å². The average molecular weight is 325 g/mol. The zero-order valence-electron chi connectivity index (χ0n) is 12.1. The molecule has 0 aliphatic heterocycles. The van der Waals surface area contributed by atoms with Crippen molar-refractivity contribution in [3.8, 4) is 0 Å². The molecule has 0 bridgehead atoms. The van der Waals surface area contributed by atoms with Crippen LogP contribution in [-0.2, 0) is 12.1 Å². The second kappa shape index (κ2) is 5.62. The summed E-state index contributed by atoms with van der Waals surface area (Å²) in [6.07, 6.45) is 3.40. The van der Waals surface area contributed by atoms with Gasteiger partial charge in [0.05, 0.1) is 6.54 Å². The van der Waals surface area contributed by atoms with Crippen molar-refractivity contribution in [1.29, 1.82) is 0 Å². The fourth-order valence-electron chi connectivity index (χ4n) is 2.85. The van der Waals surface area contributed by atoms with Crippen LogP contribution in [0.4, 0.5) is 8.78 Å². The van der Waals surface area contributed by atoms with Gasteiger partial charge in [-0.25, -0.2) is 18.4 Å². The number of nitrogens with zero attached hydrogens (tertiary/aromatic N) is 3. The maximum Gasteiger partial charge on any atom is 0.183 e. The first-order valence-corrected chi connectivity index (χ1v) is 7.61. The van der Waals surface area contributed by atoms with Crippen LogP contribution in [0.25, 0.3) is 0 Å². The molecular weight excluding hydrogens is 308 g/mol. The quantitative estimate of drug-likeness (QED) is 0.831. The van der Waals surface area contributed by atoms with Gasteiger partial charge in [-0.15, -0.1) is 12.6 Å². The molecule has 22 heavy (non-hydrogen) atoms. The number of aliphatic hydroxyl groups is 1. The molecule has 0 saturated heterocycles. The molecule has 0 amide bonds. The molecule has 2 unspecified atom stereocenters. The van der Waals surface area contributed by atoms with Gasteiger partial charge in [0.2, 0.25) is 0 Å². The van der Waals surface area contributed by atoms with E-state index in [0.717, 1.165) is 25.0 Å². The van der Waals surface area contributed by atoms with Crippen LogP contribution in [0, 0.1) is 23.5 Å². The predicted molar refractivity (Wildman–Crippen MR) is 79.4 cm³/mol. The van der Waals surface area contributed by atoms with E-state index in [-0.39, 0.29) is 12.5 Å². The van der Waals surface area contributed by atoms with E-state index in [0.29, 0.717) is 16.6 Å². The highest BCUT2D eigenvalue weighted by Crippen LogP contribution is 2.46. The molecular formula is C15H17F2N3OS. The van der Waals surface area contributed by atoms with E-state index >= 15 is 0 Å². The van der Waals surface area contributed by atoms with E-state index in [4.69, 9.17) is 0 Å². The summed E-state index contributed by atoms with van der Waals surface area (Å²) in [5.41, 5.74) is -1.02. The third-order valence-electron chi connectivity index (χ3n) is 4.49. The van der Waals surface area contributed by atoms with Crippen LogP contribution in [-0.4, -0.2) is 19.9 Å². The van der Waals surface area contributed by atoms with Gasteiger partial charge in [-0.1, -0.05) is 13.0 Å². The number of halogens is 2. The van der Waals surface area contributed by atoms with Crippen molar-refractivity contribution < 1.29 is 13.9 Å². The van der Waals surface area contributed by atoms with Crippen molar-refractivity contribution in [1.82, 2.24) is 14.8 Å². The molecule has 1 saturated carbocycles. The maximum atomic E-state index is 13.6. The topological polar surface area (TPSA) is 50.9 Å². The summed E-state index contributed by atoms with van der Waals surface area (Å²) >= 11 is 4.19. The summed E-state index contributed by atoms with van der Waals surface area (Å²) in [4.78, 5) is 3.92. The van der Waals surface area contributed by atoms with E-state index in [1.165, 1.54) is 17.1 Å². The minimum atomic E-state index is -1.36. The molecule has 0 radical (unpaired) electrons.